The topological polar surface area (TPSA) is 85.2 Å². The van der Waals surface area contributed by atoms with Crippen LogP contribution in [0.2, 0.25) is 0 Å². The highest BCUT2D eigenvalue weighted by Crippen LogP contribution is 2.26. The quantitative estimate of drug-likeness (QED) is 0.792. The number of hydrogen-bond acceptors (Lipinski definition) is 4. The van der Waals surface area contributed by atoms with Crippen molar-refractivity contribution in [2.24, 2.45) is 11.5 Å². The fourth-order valence-electron chi connectivity index (χ4n) is 2.36. The molecular formula is C12H18N4O. The third-order valence-electron chi connectivity index (χ3n) is 3.20. The first kappa shape index (κ1) is 11.9. The fraction of sp³-hybridized carbons (Fsp3) is 0.500. The maximum absolute atomic E-state index is 11.5. The van der Waals surface area contributed by atoms with Gasteiger partial charge in [0.2, 0.25) is 5.91 Å². The van der Waals surface area contributed by atoms with Gasteiger partial charge in [0.25, 0.3) is 0 Å². The van der Waals surface area contributed by atoms with E-state index < -0.39 is 0 Å². The van der Waals surface area contributed by atoms with Crippen LogP contribution in [0.15, 0.2) is 18.3 Å². The first-order valence-corrected chi connectivity index (χ1v) is 5.94. The van der Waals surface area contributed by atoms with Gasteiger partial charge in [-0.05, 0) is 31.4 Å². The highest BCUT2D eigenvalue weighted by Gasteiger charge is 2.28. The maximum Gasteiger partial charge on any atom is 0.240 e. The van der Waals surface area contributed by atoms with Crippen LogP contribution in [0, 0.1) is 0 Å². The number of amides is 1. The van der Waals surface area contributed by atoms with E-state index in [9.17, 15) is 4.79 Å². The number of anilines is 1. The van der Waals surface area contributed by atoms with Crippen LogP contribution in [0.5, 0.6) is 0 Å². The number of carbonyl (C=O) groups excluding carboxylic acids is 1. The molecule has 2 heterocycles. The molecule has 1 aromatic heterocycles. The van der Waals surface area contributed by atoms with Crippen LogP contribution in [0.25, 0.3) is 0 Å². The van der Waals surface area contributed by atoms with Gasteiger partial charge in [-0.3, -0.25) is 9.78 Å². The van der Waals surface area contributed by atoms with Crippen molar-refractivity contribution in [3.8, 4) is 0 Å². The van der Waals surface area contributed by atoms with Crippen LogP contribution in [-0.4, -0.2) is 23.5 Å². The van der Waals surface area contributed by atoms with E-state index in [0.717, 1.165) is 37.2 Å². The van der Waals surface area contributed by atoms with Crippen molar-refractivity contribution in [3.63, 3.8) is 0 Å². The molecule has 2 rings (SSSR count). The molecule has 0 aliphatic carbocycles. The molecule has 0 saturated carbocycles. The first-order chi connectivity index (χ1) is 8.24. The Balaban J connectivity index is 2.32. The third-order valence-corrected chi connectivity index (χ3v) is 3.20. The first-order valence-electron chi connectivity index (χ1n) is 5.94. The predicted octanol–water partition coefficient (Wildman–Crippen LogP) is 0.385. The van der Waals surface area contributed by atoms with Gasteiger partial charge in [0, 0.05) is 19.3 Å². The molecule has 1 fully saturated rings. The number of primary amides is 1. The Hall–Kier alpha value is -1.62. The van der Waals surface area contributed by atoms with E-state index in [0.29, 0.717) is 6.54 Å². The van der Waals surface area contributed by atoms with Gasteiger partial charge < -0.3 is 16.4 Å². The summed E-state index contributed by atoms with van der Waals surface area (Å²) in [4.78, 5) is 17.8. The second-order valence-corrected chi connectivity index (χ2v) is 4.28. The zero-order valence-electron chi connectivity index (χ0n) is 9.80. The summed E-state index contributed by atoms with van der Waals surface area (Å²) < 4.78 is 0. The van der Waals surface area contributed by atoms with Crippen LogP contribution < -0.4 is 16.4 Å². The monoisotopic (exact) mass is 234 g/mol. The minimum absolute atomic E-state index is 0.224. The summed E-state index contributed by atoms with van der Waals surface area (Å²) in [6.45, 7) is 1.21. The molecule has 5 heteroatoms. The van der Waals surface area contributed by atoms with Gasteiger partial charge in [0.1, 0.15) is 6.04 Å². The molecule has 0 bridgehead atoms. The molecule has 0 spiro atoms. The Bertz CT molecular complexity index is 407. The molecule has 0 aromatic carbocycles. The Morgan fingerprint density at radius 3 is 3.06 bits per heavy atom. The highest BCUT2D eigenvalue weighted by molar-refractivity contribution is 5.84. The summed E-state index contributed by atoms with van der Waals surface area (Å²) in [6, 6.07) is 3.59. The maximum atomic E-state index is 11.5. The molecule has 1 aromatic rings. The SMILES string of the molecule is NCc1ncccc1N1CCCCC1C(N)=O. The van der Waals surface area contributed by atoms with Crippen molar-refractivity contribution in [3.05, 3.63) is 24.0 Å². The summed E-state index contributed by atoms with van der Waals surface area (Å²) >= 11 is 0. The molecular weight excluding hydrogens is 216 g/mol. The van der Waals surface area contributed by atoms with E-state index in [4.69, 9.17) is 11.5 Å². The number of piperidine rings is 1. The fourth-order valence-corrected chi connectivity index (χ4v) is 2.36. The minimum atomic E-state index is -0.267. The Morgan fingerprint density at radius 2 is 2.35 bits per heavy atom. The molecule has 17 heavy (non-hydrogen) atoms. The highest BCUT2D eigenvalue weighted by atomic mass is 16.1. The Kier molecular flexibility index (Phi) is 3.58. The van der Waals surface area contributed by atoms with Gasteiger partial charge in [0.15, 0.2) is 0 Å². The molecule has 4 N–H and O–H groups in total. The van der Waals surface area contributed by atoms with Gasteiger partial charge in [-0.15, -0.1) is 0 Å². The van der Waals surface area contributed by atoms with E-state index >= 15 is 0 Å². The molecule has 92 valence electrons. The zero-order chi connectivity index (χ0) is 12.3. The molecule has 1 aliphatic rings. The van der Waals surface area contributed by atoms with Gasteiger partial charge in [-0.1, -0.05) is 0 Å². The van der Waals surface area contributed by atoms with Crippen LogP contribution >= 0.6 is 0 Å². The third kappa shape index (κ3) is 2.39. The number of nitrogens with zero attached hydrogens (tertiary/aromatic N) is 2. The average molecular weight is 234 g/mol. The number of aromatic nitrogens is 1. The zero-order valence-corrected chi connectivity index (χ0v) is 9.80. The average Bonchev–Trinajstić information content (AvgIpc) is 2.38. The number of pyridine rings is 1. The van der Waals surface area contributed by atoms with Crippen molar-refractivity contribution in [2.45, 2.75) is 31.8 Å². The standard InChI is InChI=1S/C12H18N4O/c13-8-9-10(5-3-6-15-9)16-7-2-1-4-11(16)12(14)17/h3,5-6,11H,1-2,4,7-8,13H2,(H2,14,17). The van der Waals surface area contributed by atoms with Gasteiger partial charge >= 0.3 is 0 Å². The van der Waals surface area contributed by atoms with E-state index in [2.05, 4.69) is 4.98 Å². The molecule has 5 nitrogen and oxygen atoms in total. The lowest BCUT2D eigenvalue weighted by Gasteiger charge is -2.36. The van der Waals surface area contributed by atoms with E-state index in [1.165, 1.54) is 0 Å². The van der Waals surface area contributed by atoms with Gasteiger partial charge in [-0.25, -0.2) is 0 Å². The summed E-state index contributed by atoms with van der Waals surface area (Å²) in [5, 5.41) is 0. The smallest absolute Gasteiger partial charge is 0.240 e. The number of rotatable bonds is 3. The van der Waals surface area contributed by atoms with Crippen LogP contribution in [-0.2, 0) is 11.3 Å². The lowest BCUT2D eigenvalue weighted by molar-refractivity contribution is -0.119. The summed E-state index contributed by atoms with van der Waals surface area (Å²) in [7, 11) is 0. The summed E-state index contributed by atoms with van der Waals surface area (Å²) in [5.41, 5.74) is 12.9. The molecule has 0 radical (unpaired) electrons. The summed E-state index contributed by atoms with van der Waals surface area (Å²) in [5.74, 6) is -0.267. The van der Waals surface area contributed by atoms with Gasteiger partial charge in [0.05, 0.1) is 11.4 Å². The second kappa shape index (κ2) is 5.14. The Morgan fingerprint density at radius 1 is 1.53 bits per heavy atom. The van der Waals surface area contributed by atoms with Crippen molar-refractivity contribution in [1.82, 2.24) is 4.98 Å². The minimum Gasteiger partial charge on any atom is -0.368 e. The predicted molar refractivity (Wildman–Crippen MR) is 66.3 cm³/mol. The van der Waals surface area contributed by atoms with Crippen molar-refractivity contribution >= 4 is 11.6 Å². The van der Waals surface area contributed by atoms with Crippen molar-refractivity contribution in [1.29, 1.82) is 0 Å². The molecule has 1 saturated heterocycles. The van der Waals surface area contributed by atoms with E-state index in [1.54, 1.807) is 6.20 Å². The largest absolute Gasteiger partial charge is 0.368 e. The van der Waals surface area contributed by atoms with E-state index in [1.807, 2.05) is 17.0 Å². The van der Waals surface area contributed by atoms with Crippen LogP contribution in [0.1, 0.15) is 25.0 Å². The lowest BCUT2D eigenvalue weighted by Crippen LogP contribution is -2.48. The molecule has 1 unspecified atom stereocenters. The normalized spacial score (nSPS) is 20.3. The van der Waals surface area contributed by atoms with Crippen molar-refractivity contribution < 1.29 is 4.79 Å². The molecule has 1 atom stereocenters. The summed E-state index contributed by atoms with van der Waals surface area (Å²) in [6.07, 6.45) is 4.65. The van der Waals surface area contributed by atoms with Gasteiger partial charge in [-0.2, -0.15) is 0 Å². The van der Waals surface area contributed by atoms with Crippen molar-refractivity contribution in [2.75, 3.05) is 11.4 Å². The lowest BCUT2D eigenvalue weighted by atomic mass is 10.0. The number of hydrogen-bond donors (Lipinski definition) is 2. The molecule has 1 amide bonds. The van der Waals surface area contributed by atoms with Crippen LogP contribution in [0.4, 0.5) is 5.69 Å². The van der Waals surface area contributed by atoms with E-state index in [-0.39, 0.29) is 11.9 Å². The second-order valence-electron chi connectivity index (χ2n) is 4.28. The number of nitrogens with two attached hydrogens (primary N) is 2. The number of carbonyl (C=O) groups is 1. The van der Waals surface area contributed by atoms with Crippen LogP contribution in [0.3, 0.4) is 0 Å². The molecule has 1 aliphatic heterocycles. The Labute approximate surface area is 101 Å².